The molecule has 1 saturated carbocycles. The monoisotopic (exact) mass is 615 g/mol. The van der Waals surface area contributed by atoms with Crippen molar-refractivity contribution in [2.45, 2.75) is 52.5 Å². The molecule has 3 aromatic rings. The molecule has 0 aliphatic heterocycles. The van der Waals surface area contributed by atoms with Gasteiger partial charge in [-0.1, -0.05) is 18.5 Å². The number of hydrogen-bond donors (Lipinski definition) is 1. The van der Waals surface area contributed by atoms with Crippen LogP contribution in [0.3, 0.4) is 0 Å². The minimum atomic E-state index is -1.06. The number of aryl methyl sites for hydroxylation is 1. The van der Waals surface area contributed by atoms with Crippen molar-refractivity contribution in [3.8, 4) is 0 Å². The van der Waals surface area contributed by atoms with Gasteiger partial charge in [0.05, 0.1) is 16.9 Å². The predicted octanol–water partition coefficient (Wildman–Crippen LogP) is 5.31. The van der Waals surface area contributed by atoms with Crippen LogP contribution in [0.5, 0.6) is 0 Å². The Labute approximate surface area is 220 Å². The average Bonchev–Trinajstić information content (AvgIpc) is 3.23. The Balaban J connectivity index is 1.45. The molecule has 2 amide bonds. The van der Waals surface area contributed by atoms with Gasteiger partial charge in [-0.15, -0.1) is 0 Å². The van der Waals surface area contributed by atoms with Crippen LogP contribution in [-0.4, -0.2) is 39.0 Å². The lowest BCUT2D eigenvalue weighted by atomic mass is 9.72. The van der Waals surface area contributed by atoms with Crippen LogP contribution < -0.4 is 10.2 Å². The third-order valence-electron chi connectivity index (χ3n) is 6.65. The molecule has 1 N–H and O–H groups in total. The molecule has 0 radical (unpaired) electrons. The Kier molecular flexibility index (Phi) is 7.33. The van der Waals surface area contributed by atoms with E-state index in [2.05, 4.69) is 38.0 Å². The Morgan fingerprint density at radius 1 is 1.26 bits per heavy atom. The van der Waals surface area contributed by atoms with E-state index in [0.717, 1.165) is 21.5 Å². The predicted molar refractivity (Wildman–Crippen MR) is 138 cm³/mol. The van der Waals surface area contributed by atoms with Gasteiger partial charge in [0.15, 0.2) is 17.3 Å². The number of hydrogen-bond acceptors (Lipinski definition) is 4. The molecule has 0 atom stereocenters. The Hall–Kier alpha value is -2.34. The zero-order valence-electron chi connectivity index (χ0n) is 19.5. The topological polar surface area (TPSA) is 79.6 Å². The molecule has 11 heteroatoms. The van der Waals surface area contributed by atoms with Gasteiger partial charge in [-0.05, 0) is 74.3 Å². The smallest absolute Gasteiger partial charge is 0.256 e. The summed E-state index contributed by atoms with van der Waals surface area (Å²) in [7, 11) is 0. The number of amides is 2. The van der Waals surface area contributed by atoms with E-state index < -0.39 is 17.0 Å². The molecule has 7 nitrogen and oxygen atoms in total. The quantitative estimate of drug-likeness (QED) is 0.240. The van der Waals surface area contributed by atoms with Crippen molar-refractivity contribution in [1.29, 1.82) is 0 Å². The maximum atomic E-state index is 13.9. The number of anilines is 1. The summed E-state index contributed by atoms with van der Waals surface area (Å²) in [5.74, 6) is -2.57. The number of benzene rings is 1. The van der Waals surface area contributed by atoms with Gasteiger partial charge in [0.1, 0.15) is 9.26 Å². The van der Waals surface area contributed by atoms with Crippen LogP contribution in [0.2, 0.25) is 5.02 Å². The van der Waals surface area contributed by atoms with E-state index in [-0.39, 0.29) is 35.1 Å². The van der Waals surface area contributed by atoms with Gasteiger partial charge < -0.3 is 10.2 Å². The van der Waals surface area contributed by atoms with E-state index in [9.17, 15) is 18.4 Å². The lowest BCUT2D eigenvalue weighted by Crippen LogP contribution is -2.47. The highest BCUT2D eigenvalue weighted by molar-refractivity contribution is 14.1. The van der Waals surface area contributed by atoms with Gasteiger partial charge in [0.2, 0.25) is 5.91 Å². The normalized spacial score (nSPS) is 20.1. The number of carbonyl (C=O) groups excluding carboxylic acids is 2. The molecule has 0 bridgehead atoms. The summed E-state index contributed by atoms with van der Waals surface area (Å²) in [4.78, 5) is 32.3. The first kappa shape index (κ1) is 25.7. The molecule has 1 aliphatic carbocycles. The van der Waals surface area contributed by atoms with Gasteiger partial charge >= 0.3 is 0 Å². The van der Waals surface area contributed by atoms with E-state index in [1.807, 2.05) is 19.9 Å². The third-order valence-corrected chi connectivity index (χ3v) is 7.50. The van der Waals surface area contributed by atoms with Gasteiger partial charge in [0, 0.05) is 29.8 Å². The molecule has 1 aromatic carbocycles. The Morgan fingerprint density at radius 2 is 1.91 bits per heavy atom. The first-order chi connectivity index (χ1) is 16.5. The minimum Gasteiger partial charge on any atom is -0.349 e. The van der Waals surface area contributed by atoms with Crippen LogP contribution in [0.1, 0.15) is 55.6 Å². The summed E-state index contributed by atoms with van der Waals surface area (Å²) < 4.78 is 29.8. The van der Waals surface area contributed by atoms with Crippen LogP contribution >= 0.6 is 34.2 Å². The van der Waals surface area contributed by atoms with Crippen molar-refractivity contribution in [3.63, 3.8) is 0 Å². The fraction of sp³-hybridized carbons (Fsp3) is 0.417. The summed E-state index contributed by atoms with van der Waals surface area (Å²) in [5.41, 5.74) is 1.23. The molecule has 0 saturated heterocycles. The lowest BCUT2D eigenvalue weighted by molar-refractivity contribution is -0.129. The second-order valence-corrected chi connectivity index (χ2v) is 10.6. The van der Waals surface area contributed by atoms with Crippen molar-refractivity contribution in [2.24, 2.45) is 5.41 Å². The summed E-state index contributed by atoms with van der Waals surface area (Å²) >= 11 is 8.24. The molecular formula is C24H25ClF2IN5O2. The first-order valence-corrected chi connectivity index (χ1v) is 12.8. The molecule has 0 spiro atoms. The highest BCUT2D eigenvalue weighted by Gasteiger charge is 2.41. The van der Waals surface area contributed by atoms with Crippen LogP contribution in [-0.2, 0) is 4.79 Å². The molecule has 35 heavy (non-hydrogen) atoms. The maximum absolute atomic E-state index is 13.9. The van der Waals surface area contributed by atoms with E-state index in [4.69, 9.17) is 11.6 Å². The Bertz CT molecular complexity index is 1310. The van der Waals surface area contributed by atoms with Crippen molar-refractivity contribution in [1.82, 2.24) is 19.9 Å². The van der Waals surface area contributed by atoms with Crippen molar-refractivity contribution < 1.29 is 18.4 Å². The largest absolute Gasteiger partial charge is 0.349 e. The van der Waals surface area contributed by atoms with Crippen LogP contribution in [0.15, 0.2) is 24.4 Å². The molecule has 1 fully saturated rings. The first-order valence-electron chi connectivity index (χ1n) is 11.3. The number of nitrogens with one attached hydrogen (secondary N) is 1. The number of aromatic nitrogens is 3. The molecule has 4 rings (SSSR count). The standard InChI is InChI=1S/C24H25ClF2IN5O2/c1-4-32(19-11-18(27)17(26)10-16(19)25)23(35)24(3)7-5-14(6-8-24)30-22(34)15-12-29-33-13(2)9-20(28)31-21(15)33/h9-12,14H,4-8H2,1-3H3,(H,30,34). The van der Waals surface area contributed by atoms with Gasteiger partial charge in [-0.25, -0.2) is 18.3 Å². The highest BCUT2D eigenvalue weighted by atomic mass is 127. The zero-order chi connectivity index (χ0) is 25.5. The fourth-order valence-electron chi connectivity index (χ4n) is 4.58. The number of halogens is 4. The molecule has 0 unspecified atom stereocenters. The lowest BCUT2D eigenvalue weighted by Gasteiger charge is -2.39. The third kappa shape index (κ3) is 5.00. The Morgan fingerprint density at radius 3 is 2.57 bits per heavy atom. The number of nitrogens with zero attached hydrogens (tertiary/aromatic N) is 4. The highest BCUT2D eigenvalue weighted by Crippen LogP contribution is 2.40. The number of rotatable bonds is 5. The van der Waals surface area contributed by atoms with E-state index >= 15 is 0 Å². The molecule has 2 aromatic heterocycles. The SMILES string of the molecule is CCN(C(=O)C1(C)CCC(NC(=O)c2cnn3c(C)cc(I)nc23)CC1)c1cc(F)c(F)cc1Cl. The van der Waals surface area contributed by atoms with Crippen LogP contribution in [0.25, 0.3) is 5.65 Å². The van der Waals surface area contributed by atoms with Crippen LogP contribution in [0, 0.1) is 27.7 Å². The van der Waals surface area contributed by atoms with Crippen LogP contribution in [0.4, 0.5) is 14.5 Å². The minimum absolute atomic E-state index is 0.0180. The zero-order valence-corrected chi connectivity index (χ0v) is 22.5. The van der Waals surface area contributed by atoms with Gasteiger partial charge in [-0.2, -0.15) is 5.10 Å². The molecular weight excluding hydrogens is 591 g/mol. The van der Waals surface area contributed by atoms with Crippen molar-refractivity contribution in [2.75, 3.05) is 11.4 Å². The van der Waals surface area contributed by atoms with Gasteiger partial charge in [0.25, 0.3) is 5.91 Å². The van der Waals surface area contributed by atoms with E-state index in [1.54, 1.807) is 11.4 Å². The number of carbonyl (C=O) groups is 2. The summed E-state index contributed by atoms with van der Waals surface area (Å²) in [6, 6.07) is 3.62. The second kappa shape index (κ2) is 9.96. The summed E-state index contributed by atoms with van der Waals surface area (Å²) in [6.45, 7) is 5.79. The summed E-state index contributed by atoms with van der Waals surface area (Å²) in [5, 5.41) is 7.31. The maximum Gasteiger partial charge on any atom is 0.256 e. The summed E-state index contributed by atoms with van der Waals surface area (Å²) in [6.07, 6.45) is 3.76. The molecule has 2 heterocycles. The molecule has 186 valence electrons. The van der Waals surface area contributed by atoms with Crippen molar-refractivity contribution >= 4 is 57.3 Å². The van der Waals surface area contributed by atoms with Gasteiger partial charge in [-0.3, -0.25) is 9.59 Å². The second-order valence-electron chi connectivity index (χ2n) is 9.09. The van der Waals surface area contributed by atoms with E-state index in [1.165, 1.54) is 11.1 Å². The van der Waals surface area contributed by atoms with E-state index in [0.29, 0.717) is 36.9 Å². The molecule has 1 aliphatic rings. The van der Waals surface area contributed by atoms with Crippen molar-refractivity contribution in [3.05, 3.63) is 56.0 Å². The fourth-order valence-corrected chi connectivity index (χ4v) is 5.51. The average molecular weight is 616 g/mol. The number of fused-ring (bicyclic) bond motifs is 1.